The van der Waals surface area contributed by atoms with Gasteiger partial charge in [0.15, 0.2) is 5.82 Å². The number of benzene rings is 1. The predicted molar refractivity (Wildman–Crippen MR) is 66.0 cm³/mol. The second-order valence-corrected chi connectivity index (χ2v) is 3.75. The van der Waals surface area contributed by atoms with Gasteiger partial charge in [0.05, 0.1) is 29.7 Å². The molecule has 0 N–H and O–H groups in total. The molecule has 0 saturated heterocycles. The summed E-state index contributed by atoms with van der Waals surface area (Å²) < 4.78 is 1.87. The van der Waals surface area contributed by atoms with Gasteiger partial charge in [-0.25, -0.2) is 9.97 Å². The highest BCUT2D eigenvalue weighted by molar-refractivity contribution is 5.77. The highest BCUT2D eigenvalue weighted by Crippen LogP contribution is 2.19. The molecule has 0 unspecified atom stereocenters. The Bertz CT molecular complexity index is 724. The lowest BCUT2D eigenvalue weighted by molar-refractivity contribution is 0.910. The standard InChI is InChI=1S/C13H9N5/c14-6-5-12-17-10-3-1-2-4-11(10)18(12)13-9-15-7-8-16-13/h1-4,7-9H,5H2. The summed E-state index contributed by atoms with van der Waals surface area (Å²) in [5.74, 6) is 1.36. The van der Waals surface area contributed by atoms with Gasteiger partial charge in [0.2, 0.25) is 0 Å². The fourth-order valence-electron chi connectivity index (χ4n) is 1.93. The van der Waals surface area contributed by atoms with Gasteiger partial charge in [-0.1, -0.05) is 12.1 Å². The molecule has 0 saturated carbocycles. The first-order chi connectivity index (χ1) is 8.90. The Morgan fingerprint density at radius 1 is 1.22 bits per heavy atom. The van der Waals surface area contributed by atoms with Crippen LogP contribution in [0.4, 0.5) is 0 Å². The monoisotopic (exact) mass is 235 g/mol. The number of hydrogen-bond donors (Lipinski definition) is 0. The number of hydrogen-bond acceptors (Lipinski definition) is 4. The fraction of sp³-hybridized carbons (Fsp3) is 0.0769. The Kier molecular flexibility index (Phi) is 2.47. The summed E-state index contributed by atoms with van der Waals surface area (Å²) in [4.78, 5) is 12.8. The third-order valence-corrected chi connectivity index (χ3v) is 2.65. The van der Waals surface area contributed by atoms with Gasteiger partial charge in [-0.15, -0.1) is 0 Å². The molecule has 5 heteroatoms. The Morgan fingerprint density at radius 2 is 2.11 bits per heavy atom. The Morgan fingerprint density at radius 3 is 2.89 bits per heavy atom. The van der Waals surface area contributed by atoms with Crippen molar-refractivity contribution in [2.75, 3.05) is 0 Å². The molecule has 5 nitrogen and oxygen atoms in total. The molecule has 0 amide bonds. The van der Waals surface area contributed by atoms with Crippen molar-refractivity contribution in [2.24, 2.45) is 0 Å². The van der Waals surface area contributed by atoms with E-state index in [1.54, 1.807) is 18.6 Å². The summed E-state index contributed by atoms with van der Waals surface area (Å²) in [6.07, 6.45) is 5.15. The summed E-state index contributed by atoms with van der Waals surface area (Å²) in [7, 11) is 0. The molecule has 1 aromatic carbocycles. The van der Waals surface area contributed by atoms with E-state index in [2.05, 4.69) is 21.0 Å². The van der Waals surface area contributed by atoms with E-state index >= 15 is 0 Å². The van der Waals surface area contributed by atoms with Crippen LogP contribution in [0.1, 0.15) is 5.82 Å². The summed E-state index contributed by atoms with van der Waals surface area (Å²) >= 11 is 0. The number of aromatic nitrogens is 4. The first-order valence-corrected chi connectivity index (χ1v) is 5.50. The van der Waals surface area contributed by atoms with E-state index in [0.717, 1.165) is 11.0 Å². The molecule has 3 rings (SSSR count). The van der Waals surface area contributed by atoms with Crippen LogP contribution in [0.25, 0.3) is 16.9 Å². The van der Waals surface area contributed by atoms with Crippen molar-refractivity contribution in [3.8, 4) is 11.9 Å². The van der Waals surface area contributed by atoms with Crippen LogP contribution in [0.5, 0.6) is 0 Å². The quantitative estimate of drug-likeness (QED) is 0.680. The largest absolute Gasteiger partial charge is 0.278 e. The van der Waals surface area contributed by atoms with Gasteiger partial charge in [-0.3, -0.25) is 9.55 Å². The predicted octanol–water partition coefficient (Wildman–Crippen LogP) is 1.88. The van der Waals surface area contributed by atoms with Crippen molar-refractivity contribution >= 4 is 11.0 Å². The fourth-order valence-corrected chi connectivity index (χ4v) is 1.93. The third-order valence-electron chi connectivity index (χ3n) is 2.65. The smallest absolute Gasteiger partial charge is 0.157 e. The van der Waals surface area contributed by atoms with E-state index in [1.165, 1.54) is 0 Å². The van der Waals surface area contributed by atoms with Crippen molar-refractivity contribution < 1.29 is 0 Å². The molecular formula is C13H9N5. The molecule has 3 aromatic rings. The van der Waals surface area contributed by atoms with Crippen LogP contribution >= 0.6 is 0 Å². The van der Waals surface area contributed by atoms with Gasteiger partial charge in [0, 0.05) is 12.4 Å². The second kappa shape index (κ2) is 4.26. The molecule has 86 valence electrons. The van der Waals surface area contributed by atoms with Gasteiger partial charge < -0.3 is 0 Å². The van der Waals surface area contributed by atoms with Crippen LogP contribution in [0, 0.1) is 11.3 Å². The lowest BCUT2D eigenvalue weighted by atomic mass is 10.3. The molecular weight excluding hydrogens is 226 g/mol. The number of imidazole rings is 1. The van der Waals surface area contributed by atoms with Gasteiger partial charge >= 0.3 is 0 Å². The lowest BCUT2D eigenvalue weighted by Crippen LogP contribution is -2.03. The first kappa shape index (κ1) is 10.4. The molecule has 0 aliphatic carbocycles. The Hall–Kier alpha value is -2.74. The minimum atomic E-state index is 0.241. The van der Waals surface area contributed by atoms with Crippen LogP contribution in [-0.4, -0.2) is 19.5 Å². The highest BCUT2D eigenvalue weighted by atomic mass is 15.1. The van der Waals surface area contributed by atoms with Crippen LogP contribution in [0.2, 0.25) is 0 Å². The van der Waals surface area contributed by atoms with Crippen molar-refractivity contribution in [3.05, 3.63) is 48.7 Å². The van der Waals surface area contributed by atoms with Crippen molar-refractivity contribution in [1.82, 2.24) is 19.5 Å². The Balaban J connectivity index is 2.32. The maximum Gasteiger partial charge on any atom is 0.157 e. The van der Waals surface area contributed by atoms with Gasteiger partial charge in [0.1, 0.15) is 5.82 Å². The van der Waals surface area contributed by atoms with E-state index in [9.17, 15) is 0 Å². The Labute approximate surface area is 103 Å². The van der Waals surface area contributed by atoms with E-state index < -0.39 is 0 Å². The molecule has 2 heterocycles. The number of nitrogens with zero attached hydrogens (tertiary/aromatic N) is 5. The van der Waals surface area contributed by atoms with Crippen molar-refractivity contribution in [3.63, 3.8) is 0 Å². The van der Waals surface area contributed by atoms with Gasteiger partial charge in [0.25, 0.3) is 0 Å². The zero-order valence-electron chi connectivity index (χ0n) is 9.48. The molecule has 0 aliphatic rings. The average molecular weight is 235 g/mol. The molecule has 0 bridgehead atoms. The zero-order chi connectivity index (χ0) is 12.4. The van der Waals surface area contributed by atoms with E-state index in [-0.39, 0.29) is 6.42 Å². The average Bonchev–Trinajstić information content (AvgIpc) is 2.78. The summed E-state index contributed by atoms with van der Waals surface area (Å²) in [6, 6.07) is 9.86. The summed E-state index contributed by atoms with van der Waals surface area (Å²) in [5.41, 5.74) is 1.79. The highest BCUT2D eigenvalue weighted by Gasteiger charge is 2.12. The molecule has 0 atom stereocenters. The van der Waals surface area contributed by atoms with Crippen LogP contribution in [-0.2, 0) is 6.42 Å². The van der Waals surface area contributed by atoms with E-state index in [4.69, 9.17) is 5.26 Å². The minimum absolute atomic E-state index is 0.241. The third kappa shape index (κ3) is 1.60. The van der Waals surface area contributed by atoms with E-state index in [1.807, 2.05) is 28.8 Å². The second-order valence-electron chi connectivity index (χ2n) is 3.75. The van der Waals surface area contributed by atoms with Crippen LogP contribution in [0.3, 0.4) is 0 Å². The van der Waals surface area contributed by atoms with Crippen LogP contribution < -0.4 is 0 Å². The molecule has 18 heavy (non-hydrogen) atoms. The molecule has 2 aromatic heterocycles. The zero-order valence-corrected chi connectivity index (χ0v) is 9.48. The van der Waals surface area contributed by atoms with Gasteiger partial charge in [-0.2, -0.15) is 5.26 Å². The van der Waals surface area contributed by atoms with E-state index in [0.29, 0.717) is 11.6 Å². The van der Waals surface area contributed by atoms with Crippen molar-refractivity contribution in [1.29, 1.82) is 5.26 Å². The number of nitriles is 1. The molecule has 0 aliphatic heterocycles. The number of fused-ring (bicyclic) bond motifs is 1. The molecule has 0 spiro atoms. The SMILES string of the molecule is N#CCc1nc2ccccc2n1-c1cnccn1. The van der Waals surface area contributed by atoms with Gasteiger partial charge in [-0.05, 0) is 12.1 Å². The maximum absolute atomic E-state index is 8.88. The summed E-state index contributed by atoms with van der Waals surface area (Å²) in [6.45, 7) is 0. The lowest BCUT2D eigenvalue weighted by Gasteiger charge is -2.04. The topological polar surface area (TPSA) is 67.4 Å². The molecule has 0 radical (unpaired) electrons. The first-order valence-electron chi connectivity index (χ1n) is 5.50. The number of rotatable bonds is 2. The minimum Gasteiger partial charge on any atom is -0.278 e. The number of para-hydroxylation sites is 2. The van der Waals surface area contributed by atoms with Crippen molar-refractivity contribution in [2.45, 2.75) is 6.42 Å². The summed E-state index contributed by atoms with van der Waals surface area (Å²) in [5, 5.41) is 8.88. The normalized spacial score (nSPS) is 10.4. The maximum atomic E-state index is 8.88. The molecule has 0 fully saturated rings. The van der Waals surface area contributed by atoms with Crippen LogP contribution in [0.15, 0.2) is 42.9 Å².